The molecule has 24 heavy (non-hydrogen) atoms. The summed E-state index contributed by atoms with van der Waals surface area (Å²) in [5.74, 6) is 0.355. The molecule has 0 radical (unpaired) electrons. The van der Waals surface area contributed by atoms with Gasteiger partial charge in [0.15, 0.2) is 21.5 Å². The molecule has 0 unspecified atom stereocenters. The number of halogens is 4. The second-order valence-corrected chi connectivity index (χ2v) is 7.90. The van der Waals surface area contributed by atoms with Gasteiger partial charge in [-0.15, -0.1) is 35.3 Å². The van der Waals surface area contributed by atoms with Gasteiger partial charge in [0.05, 0.1) is 12.3 Å². The van der Waals surface area contributed by atoms with Gasteiger partial charge in [-0.3, -0.25) is 0 Å². The van der Waals surface area contributed by atoms with E-state index in [9.17, 15) is 21.6 Å². The Bertz CT molecular complexity index is 632. The van der Waals surface area contributed by atoms with E-state index < -0.39 is 21.7 Å². The lowest BCUT2D eigenvalue weighted by molar-refractivity contribution is -0.140. The minimum Gasteiger partial charge on any atom is -0.357 e. The summed E-state index contributed by atoms with van der Waals surface area (Å²) in [4.78, 5) is 7.59. The molecule has 1 rings (SSSR count). The Hall–Kier alpha value is -0.630. The number of guanidine groups is 1. The zero-order chi connectivity index (χ0) is 17.5. The van der Waals surface area contributed by atoms with Crippen LogP contribution in [0.4, 0.5) is 13.2 Å². The fraction of sp³-hybridized carbons (Fsp3) is 0.667. The van der Waals surface area contributed by atoms with Crippen molar-refractivity contribution in [3.8, 4) is 0 Å². The summed E-state index contributed by atoms with van der Waals surface area (Å²) in [7, 11) is -3.09. The van der Waals surface area contributed by atoms with Crippen LogP contribution in [-0.4, -0.2) is 44.0 Å². The third-order valence-corrected chi connectivity index (χ3v) is 5.24. The predicted molar refractivity (Wildman–Crippen MR) is 99.7 cm³/mol. The average molecular weight is 500 g/mol. The zero-order valence-electron chi connectivity index (χ0n) is 13.2. The molecule has 0 atom stereocenters. The van der Waals surface area contributed by atoms with Crippen molar-refractivity contribution in [1.82, 2.24) is 15.6 Å². The van der Waals surface area contributed by atoms with Crippen molar-refractivity contribution in [1.29, 1.82) is 0 Å². The van der Waals surface area contributed by atoms with Crippen LogP contribution in [0.3, 0.4) is 0 Å². The van der Waals surface area contributed by atoms with Crippen LogP contribution in [-0.2, 0) is 22.6 Å². The Morgan fingerprint density at radius 3 is 2.50 bits per heavy atom. The van der Waals surface area contributed by atoms with Gasteiger partial charge in [-0.2, -0.15) is 13.2 Å². The molecule has 1 aromatic rings. The topological polar surface area (TPSA) is 83.4 Å². The van der Waals surface area contributed by atoms with Gasteiger partial charge in [-0.1, -0.05) is 6.92 Å². The van der Waals surface area contributed by atoms with E-state index in [0.717, 1.165) is 16.7 Å². The lowest BCUT2D eigenvalue weighted by Gasteiger charge is -2.10. The monoisotopic (exact) mass is 500 g/mol. The van der Waals surface area contributed by atoms with E-state index >= 15 is 0 Å². The zero-order valence-corrected chi connectivity index (χ0v) is 17.1. The standard InChI is InChI=1S/C12H19F3N4O2S2.HI/c1-3-16-11(17-5-6-23(20,21)4-2)18-7-10-19-9(8-22-10)12(13,14)15;/h8H,3-7H2,1-2H3,(H2,16,17,18);1H. The third kappa shape index (κ3) is 8.46. The fourth-order valence-corrected chi connectivity index (χ4v) is 2.90. The second-order valence-electron chi connectivity index (χ2n) is 4.48. The Morgan fingerprint density at radius 2 is 2.00 bits per heavy atom. The summed E-state index contributed by atoms with van der Waals surface area (Å²) in [5, 5.41) is 6.90. The van der Waals surface area contributed by atoms with Gasteiger partial charge < -0.3 is 10.6 Å². The highest BCUT2D eigenvalue weighted by molar-refractivity contribution is 14.0. The van der Waals surface area contributed by atoms with Crippen molar-refractivity contribution in [2.45, 2.75) is 26.6 Å². The van der Waals surface area contributed by atoms with Crippen molar-refractivity contribution in [2.24, 2.45) is 4.99 Å². The van der Waals surface area contributed by atoms with Crippen molar-refractivity contribution in [3.05, 3.63) is 16.1 Å². The predicted octanol–water partition coefficient (Wildman–Crippen LogP) is 2.27. The Kier molecular flexibility index (Phi) is 10.1. The summed E-state index contributed by atoms with van der Waals surface area (Å²) < 4.78 is 60.2. The number of rotatable bonds is 7. The highest BCUT2D eigenvalue weighted by Gasteiger charge is 2.33. The smallest absolute Gasteiger partial charge is 0.357 e. The van der Waals surface area contributed by atoms with Crippen LogP contribution in [0.15, 0.2) is 10.4 Å². The van der Waals surface area contributed by atoms with Crippen LogP contribution in [0.25, 0.3) is 0 Å². The average Bonchev–Trinajstić information content (AvgIpc) is 2.93. The maximum absolute atomic E-state index is 12.5. The quantitative estimate of drug-likeness (QED) is 0.341. The first-order valence-corrected chi connectivity index (χ1v) is 9.62. The molecule has 0 aliphatic rings. The molecule has 0 fully saturated rings. The Balaban J connectivity index is 0.00000529. The van der Waals surface area contributed by atoms with Gasteiger partial charge >= 0.3 is 6.18 Å². The Labute approximate surface area is 160 Å². The van der Waals surface area contributed by atoms with Crippen molar-refractivity contribution in [2.75, 3.05) is 24.6 Å². The minimum atomic E-state index is -4.46. The molecule has 6 nitrogen and oxygen atoms in total. The molecule has 1 aromatic heterocycles. The van der Waals surface area contributed by atoms with Crippen LogP contribution in [0.2, 0.25) is 0 Å². The molecule has 0 amide bonds. The molecule has 0 saturated carbocycles. The van der Waals surface area contributed by atoms with Crippen LogP contribution in [0.1, 0.15) is 24.5 Å². The fourth-order valence-electron chi connectivity index (χ4n) is 1.47. The number of hydrogen-bond donors (Lipinski definition) is 2. The van der Waals surface area contributed by atoms with Gasteiger partial charge in [0.25, 0.3) is 0 Å². The molecule has 2 N–H and O–H groups in total. The van der Waals surface area contributed by atoms with E-state index in [-0.39, 0.29) is 53.6 Å². The second kappa shape index (κ2) is 10.4. The minimum absolute atomic E-state index is 0. The van der Waals surface area contributed by atoms with E-state index in [1.807, 2.05) is 6.92 Å². The number of aliphatic imine (C=N–C) groups is 1. The normalized spacial score (nSPS) is 12.6. The van der Waals surface area contributed by atoms with Gasteiger partial charge in [0.2, 0.25) is 0 Å². The summed E-state index contributed by atoms with van der Waals surface area (Å²) >= 11 is 0.879. The number of nitrogens with zero attached hydrogens (tertiary/aromatic N) is 2. The maximum Gasteiger partial charge on any atom is 0.434 e. The van der Waals surface area contributed by atoms with Crippen molar-refractivity contribution < 1.29 is 21.6 Å². The number of sulfone groups is 1. The SMILES string of the molecule is CCNC(=NCc1nc(C(F)(F)F)cs1)NCCS(=O)(=O)CC.I. The first kappa shape index (κ1) is 23.4. The maximum atomic E-state index is 12.5. The van der Waals surface area contributed by atoms with E-state index in [1.54, 1.807) is 6.92 Å². The molecule has 1 heterocycles. The summed E-state index contributed by atoms with van der Waals surface area (Å²) in [6, 6.07) is 0. The van der Waals surface area contributed by atoms with E-state index in [4.69, 9.17) is 0 Å². The molecule has 0 aromatic carbocycles. The molecule has 0 bridgehead atoms. The summed E-state index contributed by atoms with van der Waals surface area (Å²) in [6.45, 7) is 4.09. The molecule has 12 heteroatoms. The highest BCUT2D eigenvalue weighted by atomic mass is 127. The lowest BCUT2D eigenvalue weighted by atomic mass is 10.5. The van der Waals surface area contributed by atoms with Crippen molar-refractivity contribution in [3.63, 3.8) is 0 Å². The molecular weight excluding hydrogens is 480 g/mol. The van der Waals surface area contributed by atoms with E-state index in [2.05, 4.69) is 20.6 Å². The largest absolute Gasteiger partial charge is 0.434 e. The Morgan fingerprint density at radius 1 is 1.33 bits per heavy atom. The molecule has 0 spiro atoms. The first-order valence-electron chi connectivity index (χ1n) is 6.92. The van der Waals surface area contributed by atoms with Crippen LogP contribution >= 0.6 is 35.3 Å². The molecule has 140 valence electrons. The van der Waals surface area contributed by atoms with Gasteiger partial charge in [0, 0.05) is 24.2 Å². The van der Waals surface area contributed by atoms with Crippen LogP contribution < -0.4 is 10.6 Å². The molecule has 0 saturated heterocycles. The number of alkyl halides is 3. The summed E-state index contributed by atoms with van der Waals surface area (Å²) in [5.41, 5.74) is -0.931. The van der Waals surface area contributed by atoms with Gasteiger partial charge in [-0.05, 0) is 6.92 Å². The van der Waals surface area contributed by atoms with Crippen LogP contribution in [0.5, 0.6) is 0 Å². The van der Waals surface area contributed by atoms with Gasteiger partial charge in [0.1, 0.15) is 5.01 Å². The number of thiazole rings is 1. The number of aromatic nitrogens is 1. The number of nitrogens with one attached hydrogen (secondary N) is 2. The third-order valence-electron chi connectivity index (χ3n) is 2.70. The summed E-state index contributed by atoms with van der Waals surface area (Å²) in [6.07, 6.45) is -4.46. The van der Waals surface area contributed by atoms with Crippen molar-refractivity contribution >= 4 is 51.1 Å². The van der Waals surface area contributed by atoms with Crippen LogP contribution in [0, 0.1) is 0 Å². The van der Waals surface area contributed by atoms with Gasteiger partial charge in [-0.25, -0.2) is 18.4 Å². The van der Waals surface area contributed by atoms with E-state index in [1.165, 1.54) is 0 Å². The molecule has 0 aliphatic carbocycles. The highest BCUT2D eigenvalue weighted by Crippen LogP contribution is 2.30. The first-order chi connectivity index (χ1) is 10.7. The molecular formula is C12H20F3IN4O2S2. The molecule has 0 aliphatic heterocycles. The van der Waals surface area contributed by atoms with E-state index in [0.29, 0.717) is 12.5 Å². The number of hydrogen-bond acceptors (Lipinski definition) is 5. The lowest BCUT2D eigenvalue weighted by Crippen LogP contribution is -2.39.